The highest BCUT2D eigenvalue weighted by Crippen LogP contribution is 2.39. The van der Waals surface area contributed by atoms with Crippen LogP contribution in [0.15, 0.2) is 53.4 Å². The number of thioether (sulfide) groups is 1. The molecule has 0 atom stereocenters. The summed E-state index contributed by atoms with van der Waals surface area (Å²) < 4.78 is 5.13. The summed E-state index contributed by atoms with van der Waals surface area (Å²) in [4.78, 5) is 26.5. The van der Waals surface area contributed by atoms with Gasteiger partial charge in [-0.1, -0.05) is 12.1 Å². The van der Waals surface area contributed by atoms with Crippen LogP contribution in [0.2, 0.25) is 0 Å². The zero-order valence-electron chi connectivity index (χ0n) is 13.1. The summed E-state index contributed by atoms with van der Waals surface area (Å²) in [5.41, 5.74) is 2.03. The van der Waals surface area contributed by atoms with Gasteiger partial charge in [-0.05, 0) is 66.2 Å². The van der Waals surface area contributed by atoms with E-state index < -0.39 is 0 Å². The predicted molar refractivity (Wildman–Crippen MR) is 94.2 cm³/mol. The number of hydrogen-bond acceptors (Lipinski definition) is 5. The largest absolute Gasteiger partial charge is 0.508 e. The van der Waals surface area contributed by atoms with Crippen molar-refractivity contribution in [3.8, 4) is 11.5 Å². The minimum atomic E-state index is -0.357. The number of methoxy groups -OCH3 is 1. The van der Waals surface area contributed by atoms with Crippen molar-refractivity contribution < 1.29 is 19.4 Å². The second-order valence-electron chi connectivity index (χ2n) is 5.21. The number of rotatable bonds is 3. The van der Waals surface area contributed by atoms with E-state index in [9.17, 15) is 14.7 Å². The van der Waals surface area contributed by atoms with E-state index in [0.29, 0.717) is 10.6 Å². The molecule has 1 N–H and O–H groups in total. The lowest BCUT2D eigenvalue weighted by Crippen LogP contribution is -2.27. The van der Waals surface area contributed by atoms with Crippen LogP contribution in [-0.4, -0.2) is 23.4 Å². The third kappa shape index (κ3) is 2.88. The summed E-state index contributed by atoms with van der Waals surface area (Å²) in [5.74, 6) is 0.448. The number of phenols is 1. The second-order valence-corrected chi connectivity index (χ2v) is 6.17. The molecule has 1 aliphatic heterocycles. The van der Waals surface area contributed by atoms with Gasteiger partial charge in [-0.2, -0.15) is 0 Å². The minimum Gasteiger partial charge on any atom is -0.508 e. The molecule has 6 heteroatoms. The smallest absolute Gasteiger partial charge is 0.298 e. The van der Waals surface area contributed by atoms with Crippen molar-refractivity contribution in [3.05, 3.63) is 59.0 Å². The van der Waals surface area contributed by atoms with Crippen molar-refractivity contribution in [2.75, 3.05) is 12.0 Å². The molecule has 0 spiro atoms. The maximum atomic E-state index is 12.7. The number of allylic oxidation sites excluding steroid dienone is 1. The Morgan fingerprint density at radius 1 is 1.04 bits per heavy atom. The van der Waals surface area contributed by atoms with E-state index in [1.807, 2.05) is 31.2 Å². The molecule has 1 fully saturated rings. The lowest BCUT2D eigenvalue weighted by atomic mass is 10.1. The van der Waals surface area contributed by atoms with Gasteiger partial charge in [-0.3, -0.25) is 9.59 Å². The normalized spacial score (nSPS) is 16.5. The maximum absolute atomic E-state index is 12.7. The summed E-state index contributed by atoms with van der Waals surface area (Å²) in [6.45, 7) is 1.82. The van der Waals surface area contributed by atoms with Crippen LogP contribution >= 0.6 is 11.8 Å². The fourth-order valence-electron chi connectivity index (χ4n) is 2.39. The van der Waals surface area contributed by atoms with Crippen LogP contribution in [0.25, 0.3) is 5.57 Å². The van der Waals surface area contributed by atoms with Gasteiger partial charge in [0.2, 0.25) is 0 Å². The summed E-state index contributed by atoms with van der Waals surface area (Å²) in [6.07, 6.45) is 0. The minimum absolute atomic E-state index is 0.0793. The van der Waals surface area contributed by atoms with Gasteiger partial charge in [0.1, 0.15) is 11.5 Å². The average molecular weight is 341 g/mol. The number of carbonyl (C=O) groups is 2. The van der Waals surface area contributed by atoms with Crippen LogP contribution < -0.4 is 9.64 Å². The number of imide groups is 1. The van der Waals surface area contributed by atoms with E-state index in [2.05, 4.69) is 0 Å². The Hall–Kier alpha value is -2.73. The molecule has 3 rings (SSSR count). The zero-order valence-corrected chi connectivity index (χ0v) is 14.0. The van der Waals surface area contributed by atoms with Crippen LogP contribution in [0, 0.1) is 0 Å². The van der Waals surface area contributed by atoms with Crippen molar-refractivity contribution in [2.45, 2.75) is 6.92 Å². The SMILES string of the molecule is COc1ccc(/C(C)=C2\SC(=O)N(c3ccc(O)cc3)C2=O)cc1. The number of aromatic hydroxyl groups is 1. The van der Waals surface area contributed by atoms with Crippen molar-refractivity contribution in [3.63, 3.8) is 0 Å². The van der Waals surface area contributed by atoms with Gasteiger partial charge in [0, 0.05) is 0 Å². The molecule has 1 saturated heterocycles. The number of ether oxygens (including phenoxy) is 1. The number of anilines is 1. The molecule has 1 aliphatic rings. The number of carbonyl (C=O) groups excluding carboxylic acids is 2. The highest BCUT2D eigenvalue weighted by molar-refractivity contribution is 8.19. The van der Waals surface area contributed by atoms with Gasteiger partial charge in [0.15, 0.2) is 0 Å². The van der Waals surface area contributed by atoms with E-state index in [0.717, 1.165) is 33.5 Å². The van der Waals surface area contributed by atoms with Gasteiger partial charge in [0.05, 0.1) is 17.7 Å². The topological polar surface area (TPSA) is 66.8 Å². The van der Waals surface area contributed by atoms with E-state index in [-0.39, 0.29) is 16.9 Å². The quantitative estimate of drug-likeness (QED) is 0.854. The van der Waals surface area contributed by atoms with E-state index >= 15 is 0 Å². The van der Waals surface area contributed by atoms with Gasteiger partial charge >= 0.3 is 0 Å². The monoisotopic (exact) mass is 341 g/mol. The molecular weight excluding hydrogens is 326 g/mol. The fourth-order valence-corrected chi connectivity index (χ4v) is 3.30. The van der Waals surface area contributed by atoms with Gasteiger partial charge in [-0.25, -0.2) is 4.90 Å². The zero-order chi connectivity index (χ0) is 17.3. The molecule has 0 aromatic heterocycles. The summed E-state index contributed by atoms with van der Waals surface area (Å²) in [7, 11) is 1.59. The van der Waals surface area contributed by atoms with E-state index in [1.54, 1.807) is 7.11 Å². The average Bonchev–Trinajstić information content (AvgIpc) is 2.90. The van der Waals surface area contributed by atoms with Gasteiger partial charge in [0.25, 0.3) is 11.1 Å². The molecule has 0 saturated carbocycles. The summed E-state index contributed by atoms with van der Waals surface area (Å²) >= 11 is 0.917. The molecule has 2 amide bonds. The molecule has 0 aliphatic carbocycles. The molecule has 2 aromatic carbocycles. The molecular formula is C18H15NO4S. The first-order valence-electron chi connectivity index (χ1n) is 7.22. The number of amides is 2. The Bertz CT molecular complexity index is 825. The summed E-state index contributed by atoms with van der Waals surface area (Å²) in [5, 5.41) is 9.00. The first-order chi connectivity index (χ1) is 11.5. The maximum Gasteiger partial charge on any atom is 0.298 e. The van der Waals surface area contributed by atoms with Crippen LogP contribution in [0.5, 0.6) is 11.5 Å². The molecule has 0 radical (unpaired) electrons. The third-order valence-corrected chi connectivity index (χ3v) is 4.78. The van der Waals surface area contributed by atoms with E-state index in [1.165, 1.54) is 24.3 Å². The number of hydrogen-bond donors (Lipinski definition) is 1. The summed E-state index contributed by atoms with van der Waals surface area (Å²) in [6, 6.07) is 13.3. The Kier molecular flexibility index (Phi) is 4.31. The van der Waals surface area contributed by atoms with Gasteiger partial charge < -0.3 is 9.84 Å². The number of nitrogens with zero attached hydrogens (tertiary/aromatic N) is 1. The third-order valence-electron chi connectivity index (χ3n) is 3.74. The molecule has 2 aromatic rings. The van der Waals surface area contributed by atoms with Crippen LogP contribution in [-0.2, 0) is 4.79 Å². The van der Waals surface area contributed by atoms with Crippen molar-refractivity contribution >= 4 is 34.2 Å². The first-order valence-corrected chi connectivity index (χ1v) is 8.03. The standard InChI is InChI=1S/C18H15NO4S/c1-11(12-3-9-15(23-2)10-4-12)16-17(21)19(18(22)24-16)13-5-7-14(20)8-6-13/h3-10,20H,1-2H3/b16-11-. The van der Waals surface area contributed by atoms with Crippen molar-refractivity contribution in [1.29, 1.82) is 0 Å². The molecule has 1 heterocycles. The molecule has 5 nitrogen and oxygen atoms in total. The highest BCUT2D eigenvalue weighted by atomic mass is 32.2. The van der Waals surface area contributed by atoms with Crippen molar-refractivity contribution in [1.82, 2.24) is 0 Å². The Morgan fingerprint density at radius 3 is 2.25 bits per heavy atom. The lowest BCUT2D eigenvalue weighted by Gasteiger charge is -2.12. The van der Waals surface area contributed by atoms with Gasteiger partial charge in [-0.15, -0.1) is 0 Å². The number of phenolic OH excluding ortho intramolecular Hbond substituents is 1. The predicted octanol–water partition coefficient (Wildman–Crippen LogP) is 4.03. The van der Waals surface area contributed by atoms with Crippen LogP contribution in [0.1, 0.15) is 12.5 Å². The molecule has 0 unspecified atom stereocenters. The molecule has 122 valence electrons. The lowest BCUT2D eigenvalue weighted by molar-refractivity contribution is -0.113. The Balaban J connectivity index is 1.95. The number of benzene rings is 2. The Morgan fingerprint density at radius 2 is 1.67 bits per heavy atom. The van der Waals surface area contributed by atoms with Crippen LogP contribution in [0.3, 0.4) is 0 Å². The first kappa shape index (κ1) is 16.1. The highest BCUT2D eigenvalue weighted by Gasteiger charge is 2.37. The molecule has 24 heavy (non-hydrogen) atoms. The van der Waals surface area contributed by atoms with E-state index in [4.69, 9.17) is 4.74 Å². The van der Waals surface area contributed by atoms with Crippen LogP contribution in [0.4, 0.5) is 10.5 Å². The molecule has 0 bridgehead atoms. The Labute approximate surface area is 143 Å². The van der Waals surface area contributed by atoms with Crippen molar-refractivity contribution in [2.24, 2.45) is 0 Å². The second kappa shape index (κ2) is 6.41. The fraction of sp³-hybridized carbons (Fsp3) is 0.111.